The third-order valence-corrected chi connectivity index (χ3v) is 5.05. The van der Waals surface area contributed by atoms with Crippen molar-refractivity contribution in [2.75, 3.05) is 6.54 Å². The van der Waals surface area contributed by atoms with Crippen molar-refractivity contribution in [1.82, 2.24) is 15.3 Å². The normalized spacial score (nSPS) is 30.7. The molecule has 2 fully saturated rings. The summed E-state index contributed by atoms with van der Waals surface area (Å²) in [5, 5.41) is 3.69. The van der Waals surface area contributed by atoms with E-state index in [4.69, 9.17) is 0 Å². The standard InChI is InChI=1S/C16H25N3/c1-2-5-19-16(15-9-17-11-18-10-15)8-14-7-12-3-4-13(14)6-12/h9-14,16,19H,2-8H2,1H3. The topological polar surface area (TPSA) is 37.8 Å². The van der Waals surface area contributed by atoms with Gasteiger partial charge in [0.15, 0.2) is 0 Å². The van der Waals surface area contributed by atoms with Crippen LogP contribution in [0.2, 0.25) is 0 Å². The highest BCUT2D eigenvalue weighted by Crippen LogP contribution is 2.50. The van der Waals surface area contributed by atoms with Gasteiger partial charge in [-0.15, -0.1) is 0 Å². The van der Waals surface area contributed by atoms with Gasteiger partial charge < -0.3 is 5.32 Å². The molecule has 0 aromatic carbocycles. The number of aromatic nitrogens is 2. The Balaban J connectivity index is 1.66. The Morgan fingerprint density at radius 2 is 2.11 bits per heavy atom. The molecule has 2 saturated carbocycles. The van der Waals surface area contributed by atoms with Crippen LogP contribution in [-0.4, -0.2) is 16.5 Å². The molecule has 4 unspecified atom stereocenters. The van der Waals surface area contributed by atoms with E-state index in [1.807, 2.05) is 12.4 Å². The summed E-state index contributed by atoms with van der Waals surface area (Å²) in [5.74, 6) is 2.96. The largest absolute Gasteiger partial charge is 0.310 e. The summed E-state index contributed by atoms with van der Waals surface area (Å²) in [5.41, 5.74) is 1.26. The van der Waals surface area contributed by atoms with Crippen LogP contribution in [0.15, 0.2) is 18.7 Å². The zero-order valence-corrected chi connectivity index (χ0v) is 11.9. The highest BCUT2D eigenvalue weighted by Gasteiger charge is 2.40. The summed E-state index contributed by atoms with van der Waals surface area (Å²) in [6.07, 6.45) is 14.0. The Bertz CT molecular complexity index is 392. The fourth-order valence-corrected chi connectivity index (χ4v) is 4.11. The maximum absolute atomic E-state index is 4.19. The van der Waals surface area contributed by atoms with E-state index in [1.165, 1.54) is 44.1 Å². The molecular formula is C16H25N3. The lowest BCUT2D eigenvalue weighted by Gasteiger charge is -2.27. The maximum atomic E-state index is 4.19. The molecule has 1 aromatic heterocycles. The molecule has 2 bridgehead atoms. The minimum atomic E-state index is 0.450. The predicted molar refractivity (Wildman–Crippen MR) is 76.6 cm³/mol. The highest BCUT2D eigenvalue weighted by molar-refractivity contribution is 5.10. The van der Waals surface area contributed by atoms with E-state index in [1.54, 1.807) is 6.33 Å². The third-order valence-electron chi connectivity index (χ3n) is 5.05. The molecule has 1 aromatic rings. The van der Waals surface area contributed by atoms with Crippen LogP contribution in [0.3, 0.4) is 0 Å². The maximum Gasteiger partial charge on any atom is 0.115 e. The first-order valence-corrected chi connectivity index (χ1v) is 7.85. The number of rotatable bonds is 6. The molecule has 4 atom stereocenters. The Kier molecular flexibility index (Phi) is 4.12. The number of hydrogen-bond acceptors (Lipinski definition) is 3. The van der Waals surface area contributed by atoms with Crippen molar-refractivity contribution in [3.05, 3.63) is 24.3 Å². The van der Waals surface area contributed by atoms with Crippen molar-refractivity contribution in [3.63, 3.8) is 0 Å². The van der Waals surface area contributed by atoms with Gasteiger partial charge in [-0.1, -0.05) is 13.3 Å². The van der Waals surface area contributed by atoms with Crippen LogP contribution in [-0.2, 0) is 0 Å². The molecule has 0 amide bonds. The third kappa shape index (κ3) is 2.97. The van der Waals surface area contributed by atoms with Crippen LogP contribution in [0.5, 0.6) is 0 Å². The van der Waals surface area contributed by atoms with Crippen LogP contribution in [0.1, 0.15) is 57.1 Å². The minimum absolute atomic E-state index is 0.450. The summed E-state index contributed by atoms with van der Waals surface area (Å²) in [6.45, 7) is 3.31. The zero-order chi connectivity index (χ0) is 13.1. The lowest BCUT2D eigenvalue weighted by atomic mass is 9.83. The molecule has 2 aliphatic carbocycles. The molecule has 0 aliphatic heterocycles. The highest BCUT2D eigenvalue weighted by atomic mass is 14.9. The van der Waals surface area contributed by atoms with E-state index in [-0.39, 0.29) is 0 Å². The first-order chi connectivity index (χ1) is 9.36. The molecule has 3 heteroatoms. The van der Waals surface area contributed by atoms with Gasteiger partial charge in [-0.3, -0.25) is 0 Å². The van der Waals surface area contributed by atoms with Crippen molar-refractivity contribution >= 4 is 0 Å². The van der Waals surface area contributed by atoms with Gasteiger partial charge in [-0.25, -0.2) is 9.97 Å². The lowest BCUT2D eigenvalue weighted by Crippen LogP contribution is -2.26. The molecule has 1 heterocycles. The van der Waals surface area contributed by atoms with Crippen molar-refractivity contribution in [1.29, 1.82) is 0 Å². The molecule has 19 heavy (non-hydrogen) atoms. The number of nitrogens with zero attached hydrogens (tertiary/aromatic N) is 2. The van der Waals surface area contributed by atoms with E-state index >= 15 is 0 Å². The van der Waals surface area contributed by atoms with Gasteiger partial charge in [0.05, 0.1) is 0 Å². The predicted octanol–water partition coefficient (Wildman–Crippen LogP) is 3.34. The van der Waals surface area contributed by atoms with Crippen molar-refractivity contribution in [2.45, 2.75) is 51.5 Å². The zero-order valence-electron chi connectivity index (χ0n) is 11.9. The van der Waals surface area contributed by atoms with Crippen LogP contribution in [0.25, 0.3) is 0 Å². The summed E-state index contributed by atoms with van der Waals surface area (Å²) in [4.78, 5) is 8.37. The summed E-state index contributed by atoms with van der Waals surface area (Å²) in [7, 11) is 0. The quantitative estimate of drug-likeness (QED) is 0.851. The first-order valence-electron chi connectivity index (χ1n) is 7.85. The second-order valence-electron chi connectivity index (χ2n) is 6.35. The number of hydrogen-bond donors (Lipinski definition) is 1. The monoisotopic (exact) mass is 259 g/mol. The Hall–Kier alpha value is -0.960. The minimum Gasteiger partial charge on any atom is -0.310 e. The molecule has 3 rings (SSSR count). The number of fused-ring (bicyclic) bond motifs is 2. The second kappa shape index (κ2) is 6.00. The van der Waals surface area contributed by atoms with E-state index in [0.29, 0.717) is 6.04 Å². The average molecular weight is 259 g/mol. The summed E-state index contributed by atoms with van der Waals surface area (Å²) in [6, 6.07) is 0.450. The smallest absolute Gasteiger partial charge is 0.115 e. The molecule has 104 valence electrons. The van der Waals surface area contributed by atoms with Gasteiger partial charge in [-0.2, -0.15) is 0 Å². The molecular weight excluding hydrogens is 234 g/mol. The van der Waals surface area contributed by atoms with E-state index < -0.39 is 0 Å². The first kappa shape index (κ1) is 13.0. The van der Waals surface area contributed by atoms with E-state index in [2.05, 4.69) is 22.2 Å². The summed E-state index contributed by atoms with van der Waals surface area (Å²) < 4.78 is 0. The molecule has 3 nitrogen and oxygen atoms in total. The fourth-order valence-electron chi connectivity index (χ4n) is 4.11. The summed E-state index contributed by atoms with van der Waals surface area (Å²) >= 11 is 0. The van der Waals surface area contributed by atoms with Gasteiger partial charge in [0.25, 0.3) is 0 Å². The van der Waals surface area contributed by atoms with Crippen LogP contribution in [0.4, 0.5) is 0 Å². The van der Waals surface area contributed by atoms with Gasteiger partial charge >= 0.3 is 0 Å². The molecule has 1 N–H and O–H groups in total. The van der Waals surface area contributed by atoms with Crippen LogP contribution >= 0.6 is 0 Å². The fraction of sp³-hybridized carbons (Fsp3) is 0.750. The van der Waals surface area contributed by atoms with Gasteiger partial charge in [-0.05, 0) is 56.4 Å². The van der Waals surface area contributed by atoms with E-state index in [9.17, 15) is 0 Å². The second-order valence-corrected chi connectivity index (χ2v) is 6.35. The molecule has 2 aliphatic rings. The average Bonchev–Trinajstić information content (AvgIpc) is 3.07. The lowest BCUT2D eigenvalue weighted by molar-refractivity contribution is 0.279. The molecule has 0 spiro atoms. The van der Waals surface area contributed by atoms with Crippen molar-refractivity contribution in [3.8, 4) is 0 Å². The Morgan fingerprint density at radius 3 is 2.74 bits per heavy atom. The van der Waals surface area contributed by atoms with Gasteiger partial charge in [0.1, 0.15) is 6.33 Å². The van der Waals surface area contributed by atoms with Gasteiger partial charge in [0.2, 0.25) is 0 Å². The molecule has 0 saturated heterocycles. The number of nitrogens with one attached hydrogen (secondary N) is 1. The SMILES string of the molecule is CCCNC(CC1CC2CCC1C2)c1cncnc1. The van der Waals surface area contributed by atoms with Crippen LogP contribution in [0, 0.1) is 17.8 Å². The Morgan fingerprint density at radius 1 is 1.26 bits per heavy atom. The Labute approximate surface area is 116 Å². The van der Waals surface area contributed by atoms with Crippen molar-refractivity contribution < 1.29 is 0 Å². The van der Waals surface area contributed by atoms with Crippen LogP contribution < -0.4 is 5.32 Å². The van der Waals surface area contributed by atoms with Crippen molar-refractivity contribution in [2.24, 2.45) is 17.8 Å². The van der Waals surface area contributed by atoms with Gasteiger partial charge in [0, 0.05) is 24.0 Å². The van der Waals surface area contributed by atoms with E-state index in [0.717, 1.165) is 24.3 Å². The molecule has 0 radical (unpaired) electrons.